The van der Waals surface area contributed by atoms with Crippen molar-refractivity contribution < 1.29 is 0 Å². The summed E-state index contributed by atoms with van der Waals surface area (Å²) in [6, 6.07) is 6.14. The van der Waals surface area contributed by atoms with E-state index < -0.39 is 0 Å². The van der Waals surface area contributed by atoms with Crippen molar-refractivity contribution in [3.05, 3.63) is 30.6 Å². The predicted octanol–water partition coefficient (Wildman–Crippen LogP) is 3.55. The summed E-state index contributed by atoms with van der Waals surface area (Å²) in [5, 5.41) is 3.55. The lowest BCUT2D eigenvalue weighted by Crippen LogP contribution is -2.29. The van der Waals surface area contributed by atoms with Crippen molar-refractivity contribution in [2.24, 2.45) is 5.41 Å². The van der Waals surface area contributed by atoms with Gasteiger partial charge in [-0.3, -0.25) is 4.40 Å². The molecule has 0 saturated heterocycles. The SMILES string of the molecule is ClCC1(CNc2cccc3nccn23)CCCC1. The minimum atomic E-state index is 0.282. The zero-order valence-corrected chi connectivity index (χ0v) is 11.2. The second-order valence-corrected chi connectivity index (χ2v) is 5.53. The van der Waals surface area contributed by atoms with E-state index in [0.717, 1.165) is 23.9 Å². The zero-order valence-electron chi connectivity index (χ0n) is 10.4. The standard InChI is InChI=1S/C14H18ClN3/c15-10-14(6-1-2-7-14)11-17-13-5-3-4-12-16-8-9-18(12)13/h3-5,8-9,17H,1-2,6-7,10-11H2. The maximum atomic E-state index is 6.17. The molecule has 0 spiro atoms. The number of aromatic nitrogens is 2. The van der Waals surface area contributed by atoms with Gasteiger partial charge in [0.1, 0.15) is 11.5 Å². The summed E-state index contributed by atoms with van der Waals surface area (Å²) < 4.78 is 2.08. The number of fused-ring (bicyclic) bond motifs is 1. The van der Waals surface area contributed by atoms with E-state index >= 15 is 0 Å². The normalized spacial score (nSPS) is 18.3. The molecule has 96 valence electrons. The Morgan fingerprint density at radius 3 is 2.94 bits per heavy atom. The fourth-order valence-corrected chi connectivity index (χ4v) is 3.21. The van der Waals surface area contributed by atoms with Gasteiger partial charge < -0.3 is 5.32 Å². The Labute approximate surface area is 112 Å². The fraction of sp³-hybridized carbons (Fsp3) is 0.500. The van der Waals surface area contributed by atoms with Gasteiger partial charge in [0.05, 0.1) is 0 Å². The highest BCUT2D eigenvalue weighted by Crippen LogP contribution is 2.39. The molecular formula is C14H18ClN3. The van der Waals surface area contributed by atoms with E-state index in [9.17, 15) is 0 Å². The summed E-state index contributed by atoms with van der Waals surface area (Å²) in [4.78, 5) is 4.29. The second kappa shape index (κ2) is 4.81. The first-order valence-electron chi connectivity index (χ1n) is 6.55. The van der Waals surface area contributed by atoms with Crippen molar-refractivity contribution in [2.45, 2.75) is 25.7 Å². The predicted molar refractivity (Wildman–Crippen MR) is 75.3 cm³/mol. The molecule has 0 unspecified atom stereocenters. The van der Waals surface area contributed by atoms with Crippen LogP contribution in [0, 0.1) is 5.41 Å². The molecule has 4 heteroatoms. The van der Waals surface area contributed by atoms with Gasteiger partial charge in [-0.1, -0.05) is 18.9 Å². The van der Waals surface area contributed by atoms with Crippen molar-refractivity contribution >= 4 is 23.1 Å². The van der Waals surface area contributed by atoms with Crippen molar-refractivity contribution in [3.8, 4) is 0 Å². The van der Waals surface area contributed by atoms with E-state index in [1.807, 2.05) is 24.5 Å². The number of alkyl halides is 1. The van der Waals surface area contributed by atoms with Gasteiger partial charge >= 0.3 is 0 Å². The van der Waals surface area contributed by atoms with Crippen LogP contribution in [0.1, 0.15) is 25.7 Å². The summed E-state index contributed by atoms with van der Waals surface area (Å²) in [7, 11) is 0. The second-order valence-electron chi connectivity index (χ2n) is 5.26. The largest absolute Gasteiger partial charge is 0.371 e. The molecule has 1 N–H and O–H groups in total. The Morgan fingerprint density at radius 1 is 1.33 bits per heavy atom. The third-order valence-corrected chi connectivity index (χ3v) is 4.59. The topological polar surface area (TPSA) is 29.3 Å². The van der Waals surface area contributed by atoms with Crippen LogP contribution in [0.15, 0.2) is 30.6 Å². The number of hydrogen-bond donors (Lipinski definition) is 1. The van der Waals surface area contributed by atoms with Crippen molar-refractivity contribution in [2.75, 3.05) is 17.7 Å². The first kappa shape index (κ1) is 11.8. The molecule has 1 fully saturated rings. The number of nitrogens with zero attached hydrogens (tertiary/aromatic N) is 2. The summed E-state index contributed by atoms with van der Waals surface area (Å²) in [6.45, 7) is 0.952. The van der Waals surface area contributed by atoms with Crippen LogP contribution in [0.5, 0.6) is 0 Å². The number of nitrogens with one attached hydrogen (secondary N) is 1. The minimum Gasteiger partial charge on any atom is -0.371 e. The number of imidazole rings is 1. The molecule has 2 heterocycles. The van der Waals surface area contributed by atoms with E-state index in [1.54, 1.807) is 0 Å². The summed E-state index contributed by atoms with van der Waals surface area (Å²) in [5.41, 5.74) is 1.26. The molecule has 0 radical (unpaired) electrons. The lowest BCUT2D eigenvalue weighted by atomic mass is 9.88. The Bertz CT molecular complexity index is 529. The molecule has 2 aromatic rings. The molecule has 0 amide bonds. The van der Waals surface area contributed by atoms with E-state index in [2.05, 4.69) is 20.8 Å². The molecule has 1 aliphatic rings. The molecule has 3 nitrogen and oxygen atoms in total. The lowest BCUT2D eigenvalue weighted by Gasteiger charge is -2.27. The Kier molecular flexibility index (Phi) is 3.16. The Hall–Kier alpha value is -1.22. The molecule has 0 aromatic carbocycles. The maximum absolute atomic E-state index is 6.17. The van der Waals surface area contributed by atoms with Crippen molar-refractivity contribution in [1.29, 1.82) is 0 Å². The van der Waals surface area contributed by atoms with Gasteiger partial charge in [-0.25, -0.2) is 4.98 Å². The van der Waals surface area contributed by atoms with E-state index in [0.29, 0.717) is 0 Å². The molecule has 1 saturated carbocycles. The van der Waals surface area contributed by atoms with Crippen molar-refractivity contribution in [3.63, 3.8) is 0 Å². The molecule has 2 aromatic heterocycles. The maximum Gasteiger partial charge on any atom is 0.138 e. The van der Waals surface area contributed by atoms with Crippen LogP contribution in [0.3, 0.4) is 0 Å². The molecule has 0 aliphatic heterocycles. The fourth-order valence-electron chi connectivity index (χ4n) is 2.85. The first-order valence-corrected chi connectivity index (χ1v) is 7.08. The molecule has 1 aliphatic carbocycles. The minimum absolute atomic E-state index is 0.282. The molecule has 0 atom stereocenters. The molecular weight excluding hydrogens is 246 g/mol. The van der Waals surface area contributed by atoms with Gasteiger partial charge in [-0.05, 0) is 25.0 Å². The molecule has 3 rings (SSSR count). The monoisotopic (exact) mass is 263 g/mol. The van der Waals surface area contributed by atoms with Gasteiger partial charge in [0.2, 0.25) is 0 Å². The highest BCUT2D eigenvalue weighted by Gasteiger charge is 2.32. The lowest BCUT2D eigenvalue weighted by molar-refractivity contribution is 0.368. The number of hydrogen-bond acceptors (Lipinski definition) is 2. The number of pyridine rings is 1. The summed E-state index contributed by atoms with van der Waals surface area (Å²) >= 11 is 6.17. The highest BCUT2D eigenvalue weighted by atomic mass is 35.5. The highest BCUT2D eigenvalue weighted by molar-refractivity contribution is 6.18. The van der Waals surface area contributed by atoms with Gasteiger partial charge in [0.25, 0.3) is 0 Å². The Balaban J connectivity index is 1.78. The number of anilines is 1. The molecule has 0 bridgehead atoms. The quantitative estimate of drug-likeness (QED) is 0.855. The van der Waals surface area contributed by atoms with Crippen LogP contribution in [0.25, 0.3) is 5.65 Å². The van der Waals surface area contributed by atoms with Gasteiger partial charge in [0.15, 0.2) is 0 Å². The zero-order chi connectivity index (χ0) is 12.4. The number of rotatable bonds is 4. The number of halogens is 1. The summed E-state index contributed by atoms with van der Waals surface area (Å²) in [6.07, 6.45) is 8.91. The average molecular weight is 264 g/mol. The van der Waals surface area contributed by atoms with E-state index in [1.165, 1.54) is 25.7 Å². The van der Waals surface area contributed by atoms with Crippen molar-refractivity contribution in [1.82, 2.24) is 9.38 Å². The van der Waals surface area contributed by atoms with Crippen LogP contribution in [-0.2, 0) is 0 Å². The summed E-state index contributed by atoms with van der Waals surface area (Å²) in [5.74, 6) is 1.85. The third kappa shape index (κ3) is 2.07. The van der Waals surface area contributed by atoms with Crippen LogP contribution in [-0.4, -0.2) is 21.8 Å². The van der Waals surface area contributed by atoms with Crippen LogP contribution < -0.4 is 5.32 Å². The van der Waals surface area contributed by atoms with Crippen LogP contribution >= 0.6 is 11.6 Å². The smallest absolute Gasteiger partial charge is 0.138 e. The van der Waals surface area contributed by atoms with Gasteiger partial charge in [-0.2, -0.15) is 0 Å². The first-order chi connectivity index (χ1) is 8.83. The van der Waals surface area contributed by atoms with Gasteiger partial charge in [-0.15, -0.1) is 11.6 Å². The third-order valence-electron chi connectivity index (χ3n) is 4.02. The van der Waals surface area contributed by atoms with Gasteiger partial charge in [0, 0.05) is 30.2 Å². The van der Waals surface area contributed by atoms with Crippen LogP contribution in [0.4, 0.5) is 5.82 Å². The molecule has 18 heavy (non-hydrogen) atoms. The van der Waals surface area contributed by atoms with E-state index in [-0.39, 0.29) is 5.41 Å². The van der Waals surface area contributed by atoms with Crippen LogP contribution in [0.2, 0.25) is 0 Å². The Morgan fingerprint density at radius 2 is 2.17 bits per heavy atom. The average Bonchev–Trinajstić information content (AvgIpc) is 3.06. The van der Waals surface area contributed by atoms with E-state index in [4.69, 9.17) is 11.6 Å².